The Morgan fingerprint density at radius 1 is 1.00 bits per heavy atom. The second-order valence-electron chi connectivity index (χ2n) is 4.81. The molecule has 21 heavy (non-hydrogen) atoms. The van der Waals surface area contributed by atoms with Crippen LogP contribution in [0.5, 0.6) is 0 Å². The lowest BCUT2D eigenvalue weighted by Gasteiger charge is -2.03. The molecular weight excluding hydrogens is 280 g/mol. The van der Waals surface area contributed by atoms with Gasteiger partial charge in [0.05, 0.1) is 0 Å². The van der Waals surface area contributed by atoms with Crippen molar-refractivity contribution in [3.8, 4) is 11.3 Å². The minimum atomic E-state index is 0.708. The summed E-state index contributed by atoms with van der Waals surface area (Å²) < 4.78 is 0. The molecule has 0 aliphatic heterocycles. The van der Waals surface area contributed by atoms with Gasteiger partial charge in [0.2, 0.25) is 0 Å². The first kappa shape index (κ1) is 14.0. The molecular formula is C16H18N4S. The monoisotopic (exact) mass is 298 g/mol. The first-order valence-corrected chi connectivity index (χ1v) is 7.92. The number of rotatable bonds is 6. The van der Waals surface area contributed by atoms with Crippen LogP contribution in [0.15, 0.2) is 42.5 Å². The van der Waals surface area contributed by atoms with Gasteiger partial charge in [-0.15, -0.1) is 11.3 Å². The summed E-state index contributed by atoms with van der Waals surface area (Å²) in [5.41, 5.74) is 2.96. The van der Waals surface area contributed by atoms with E-state index in [1.54, 1.807) is 0 Å². The molecule has 0 fully saturated rings. The van der Waals surface area contributed by atoms with Gasteiger partial charge in [0.25, 0.3) is 0 Å². The van der Waals surface area contributed by atoms with E-state index in [2.05, 4.69) is 39.8 Å². The zero-order valence-electron chi connectivity index (χ0n) is 12.0. The molecule has 0 bridgehead atoms. The fourth-order valence-corrected chi connectivity index (χ4v) is 3.14. The predicted molar refractivity (Wildman–Crippen MR) is 86.1 cm³/mol. The van der Waals surface area contributed by atoms with E-state index in [4.69, 9.17) is 0 Å². The number of nitrogens with zero attached hydrogens (tertiary/aromatic N) is 2. The maximum Gasteiger partial charge on any atom is 0.117 e. The highest BCUT2D eigenvalue weighted by Gasteiger charge is 2.09. The van der Waals surface area contributed by atoms with E-state index in [0.29, 0.717) is 6.54 Å². The van der Waals surface area contributed by atoms with Crippen molar-refractivity contribution >= 4 is 11.3 Å². The summed E-state index contributed by atoms with van der Waals surface area (Å²) in [6.45, 7) is 3.76. The fraction of sp³-hybridized carbons (Fsp3) is 0.250. The number of aryl methyl sites for hydroxylation is 1. The smallest absolute Gasteiger partial charge is 0.117 e. The zero-order chi connectivity index (χ0) is 14.5. The molecule has 0 spiro atoms. The van der Waals surface area contributed by atoms with Crippen LogP contribution in [0.1, 0.15) is 22.4 Å². The molecule has 0 saturated carbocycles. The Morgan fingerprint density at radius 3 is 2.57 bits per heavy atom. The highest BCUT2D eigenvalue weighted by Crippen LogP contribution is 2.19. The molecule has 3 aromatic rings. The number of aromatic amines is 1. The highest BCUT2D eigenvalue weighted by atomic mass is 32.1. The lowest BCUT2D eigenvalue weighted by atomic mass is 10.1. The molecule has 0 atom stereocenters. The SMILES string of the molecule is CCc1ccc(CNCc2n[nH]nc2-c2ccccc2)s1. The van der Waals surface area contributed by atoms with Crippen molar-refractivity contribution in [1.82, 2.24) is 20.7 Å². The molecule has 2 N–H and O–H groups in total. The summed E-state index contributed by atoms with van der Waals surface area (Å²) in [5, 5.41) is 14.7. The van der Waals surface area contributed by atoms with Crippen LogP contribution in [0.25, 0.3) is 11.3 Å². The Kier molecular flexibility index (Phi) is 4.43. The van der Waals surface area contributed by atoms with Crippen molar-refractivity contribution in [3.05, 3.63) is 57.9 Å². The fourth-order valence-electron chi connectivity index (χ4n) is 2.21. The number of hydrogen-bond acceptors (Lipinski definition) is 4. The normalized spacial score (nSPS) is 10.9. The highest BCUT2D eigenvalue weighted by molar-refractivity contribution is 7.11. The van der Waals surface area contributed by atoms with Gasteiger partial charge in [0.1, 0.15) is 11.4 Å². The molecule has 0 amide bonds. The molecule has 0 unspecified atom stereocenters. The van der Waals surface area contributed by atoms with Crippen molar-refractivity contribution < 1.29 is 0 Å². The summed E-state index contributed by atoms with van der Waals surface area (Å²) in [4.78, 5) is 2.79. The van der Waals surface area contributed by atoms with Crippen molar-refractivity contribution in [2.45, 2.75) is 26.4 Å². The van der Waals surface area contributed by atoms with Crippen LogP contribution >= 0.6 is 11.3 Å². The van der Waals surface area contributed by atoms with Crippen LogP contribution in [-0.2, 0) is 19.5 Å². The number of benzene rings is 1. The molecule has 108 valence electrons. The van der Waals surface area contributed by atoms with Crippen molar-refractivity contribution in [1.29, 1.82) is 0 Å². The number of H-pyrrole nitrogens is 1. The van der Waals surface area contributed by atoms with E-state index < -0.39 is 0 Å². The number of thiophene rings is 1. The Bertz CT molecular complexity index is 687. The van der Waals surface area contributed by atoms with Gasteiger partial charge in [-0.1, -0.05) is 37.3 Å². The average Bonchev–Trinajstić information content (AvgIpc) is 3.17. The van der Waals surface area contributed by atoms with Crippen LogP contribution in [-0.4, -0.2) is 15.4 Å². The molecule has 5 heteroatoms. The first-order valence-electron chi connectivity index (χ1n) is 7.10. The molecule has 2 heterocycles. The van der Waals surface area contributed by atoms with Crippen molar-refractivity contribution in [2.75, 3.05) is 0 Å². The van der Waals surface area contributed by atoms with Crippen molar-refractivity contribution in [3.63, 3.8) is 0 Å². The molecule has 0 aliphatic carbocycles. The Hall–Kier alpha value is -1.98. The number of nitrogens with one attached hydrogen (secondary N) is 2. The lowest BCUT2D eigenvalue weighted by molar-refractivity contribution is 0.684. The third-order valence-corrected chi connectivity index (χ3v) is 4.55. The van der Waals surface area contributed by atoms with Crippen LogP contribution < -0.4 is 5.32 Å². The molecule has 1 aromatic carbocycles. The minimum absolute atomic E-state index is 0.708. The first-order chi connectivity index (χ1) is 10.4. The van der Waals surface area contributed by atoms with Crippen molar-refractivity contribution in [2.24, 2.45) is 0 Å². The Morgan fingerprint density at radius 2 is 1.81 bits per heavy atom. The van der Waals surface area contributed by atoms with Gasteiger partial charge < -0.3 is 5.32 Å². The third kappa shape index (κ3) is 3.37. The molecule has 4 nitrogen and oxygen atoms in total. The number of aromatic nitrogens is 3. The topological polar surface area (TPSA) is 53.6 Å². The van der Waals surface area contributed by atoms with Gasteiger partial charge in [-0.05, 0) is 18.6 Å². The van der Waals surface area contributed by atoms with Gasteiger partial charge in [-0.25, -0.2) is 0 Å². The second kappa shape index (κ2) is 6.65. The maximum absolute atomic E-state index is 4.26. The van der Waals surface area contributed by atoms with Crippen LogP contribution in [0.3, 0.4) is 0 Å². The van der Waals surface area contributed by atoms with Crippen LogP contribution in [0, 0.1) is 0 Å². The van der Waals surface area contributed by atoms with E-state index in [-0.39, 0.29) is 0 Å². The van der Waals surface area contributed by atoms with Gasteiger partial charge in [-0.2, -0.15) is 15.4 Å². The van der Waals surface area contributed by atoms with E-state index in [1.165, 1.54) is 9.75 Å². The molecule has 2 aromatic heterocycles. The van der Waals surface area contributed by atoms with Crippen LogP contribution in [0.4, 0.5) is 0 Å². The Labute approximate surface area is 128 Å². The van der Waals surface area contributed by atoms with E-state index in [1.807, 2.05) is 41.7 Å². The standard InChI is InChI=1S/C16H18N4S/c1-2-13-8-9-14(21-13)10-17-11-15-16(19-20-18-15)12-6-4-3-5-7-12/h3-9,17H,2,10-11H2,1H3,(H,18,19,20). The average molecular weight is 298 g/mol. The summed E-state index contributed by atoms with van der Waals surface area (Å²) >= 11 is 1.86. The molecule has 3 rings (SSSR count). The third-order valence-electron chi connectivity index (χ3n) is 3.32. The van der Waals surface area contributed by atoms with E-state index >= 15 is 0 Å². The lowest BCUT2D eigenvalue weighted by Crippen LogP contribution is -2.12. The maximum atomic E-state index is 4.26. The summed E-state index contributed by atoms with van der Waals surface area (Å²) in [7, 11) is 0. The summed E-state index contributed by atoms with van der Waals surface area (Å²) in [6, 6.07) is 14.5. The molecule has 0 aliphatic rings. The van der Waals surface area contributed by atoms with Gasteiger partial charge in [0.15, 0.2) is 0 Å². The minimum Gasteiger partial charge on any atom is -0.306 e. The van der Waals surface area contributed by atoms with Gasteiger partial charge in [0, 0.05) is 28.4 Å². The second-order valence-corrected chi connectivity index (χ2v) is 6.06. The quantitative estimate of drug-likeness (QED) is 0.733. The van der Waals surface area contributed by atoms with E-state index in [9.17, 15) is 0 Å². The van der Waals surface area contributed by atoms with E-state index in [0.717, 1.165) is 29.9 Å². The zero-order valence-corrected chi connectivity index (χ0v) is 12.8. The molecule has 0 radical (unpaired) electrons. The Balaban J connectivity index is 1.62. The van der Waals surface area contributed by atoms with Gasteiger partial charge in [-0.3, -0.25) is 0 Å². The predicted octanol–water partition coefficient (Wildman–Crippen LogP) is 3.39. The van der Waals surface area contributed by atoms with Gasteiger partial charge >= 0.3 is 0 Å². The largest absolute Gasteiger partial charge is 0.306 e. The van der Waals surface area contributed by atoms with Crippen LogP contribution in [0.2, 0.25) is 0 Å². The number of hydrogen-bond donors (Lipinski definition) is 2. The summed E-state index contributed by atoms with van der Waals surface area (Å²) in [6.07, 6.45) is 1.10. The summed E-state index contributed by atoms with van der Waals surface area (Å²) in [5.74, 6) is 0. The molecule has 0 saturated heterocycles.